The Labute approximate surface area is 199 Å². The van der Waals surface area contributed by atoms with Gasteiger partial charge in [0.15, 0.2) is 0 Å². The Kier molecular flexibility index (Phi) is 7.81. The van der Waals surface area contributed by atoms with Crippen LogP contribution >= 0.6 is 11.8 Å². The van der Waals surface area contributed by atoms with Gasteiger partial charge in [0.25, 0.3) is 10.0 Å². The van der Waals surface area contributed by atoms with Gasteiger partial charge in [-0.3, -0.25) is 9.10 Å². The van der Waals surface area contributed by atoms with Crippen LogP contribution < -0.4 is 9.62 Å². The number of anilines is 1. The number of carbonyl (C=O) groups excluding carboxylic acids is 1. The van der Waals surface area contributed by atoms with Crippen molar-refractivity contribution in [1.29, 1.82) is 0 Å². The van der Waals surface area contributed by atoms with E-state index < -0.39 is 28.3 Å². The second-order valence-corrected chi connectivity index (χ2v) is 10.5. The fourth-order valence-electron chi connectivity index (χ4n) is 3.36. The number of halogens is 1. The maximum absolute atomic E-state index is 13.9. The van der Waals surface area contributed by atoms with E-state index in [1.807, 2.05) is 45.2 Å². The van der Waals surface area contributed by atoms with Crippen molar-refractivity contribution in [3.05, 3.63) is 89.2 Å². The third-order valence-electron chi connectivity index (χ3n) is 5.44. The molecule has 1 N–H and O–H groups in total. The van der Waals surface area contributed by atoms with E-state index in [0.717, 1.165) is 32.0 Å². The number of rotatable bonds is 8. The standard InChI is InChI=1S/C25H27FN2O3S2/c1-17-8-9-20(14-18(17)2)19(3)27-25(29)16-28(22-7-5-6-21(26)15-22)33(30,31)24-12-10-23(32-4)11-13-24/h5-15,19H,16H2,1-4H3,(H,27,29). The highest BCUT2D eigenvalue weighted by atomic mass is 32.2. The lowest BCUT2D eigenvalue weighted by Crippen LogP contribution is -2.41. The molecule has 8 heteroatoms. The Bertz CT molecular complexity index is 1240. The number of benzene rings is 3. The molecule has 0 aliphatic heterocycles. The van der Waals surface area contributed by atoms with Gasteiger partial charge in [-0.05, 0) is 86.2 Å². The highest BCUT2D eigenvalue weighted by Crippen LogP contribution is 2.26. The van der Waals surface area contributed by atoms with Gasteiger partial charge in [-0.1, -0.05) is 24.3 Å². The monoisotopic (exact) mass is 486 g/mol. The second kappa shape index (κ2) is 10.4. The molecule has 0 aromatic heterocycles. The summed E-state index contributed by atoms with van der Waals surface area (Å²) in [5.74, 6) is -1.08. The summed E-state index contributed by atoms with van der Waals surface area (Å²) in [5, 5.41) is 2.86. The van der Waals surface area contributed by atoms with Gasteiger partial charge >= 0.3 is 0 Å². The van der Waals surface area contributed by atoms with Crippen molar-refractivity contribution in [2.75, 3.05) is 17.1 Å². The predicted molar refractivity (Wildman–Crippen MR) is 132 cm³/mol. The summed E-state index contributed by atoms with van der Waals surface area (Å²) in [6, 6.07) is 17.2. The Morgan fingerprint density at radius 2 is 1.73 bits per heavy atom. The van der Waals surface area contributed by atoms with E-state index in [1.165, 1.54) is 42.1 Å². The van der Waals surface area contributed by atoms with Crippen LogP contribution in [0.2, 0.25) is 0 Å². The minimum Gasteiger partial charge on any atom is -0.348 e. The molecule has 33 heavy (non-hydrogen) atoms. The first-order chi connectivity index (χ1) is 15.6. The second-order valence-electron chi connectivity index (χ2n) is 7.80. The number of nitrogens with one attached hydrogen (secondary N) is 1. The molecule has 0 fully saturated rings. The van der Waals surface area contributed by atoms with Gasteiger partial charge in [0.05, 0.1) is 16.6 Å². The molecular weight excluding hydrogens is 459 g/mol. The summed E-state index contributed by atoms with van der Waals surface area (Å²) in [5.41, 5.74) is 3.25. The number of thioether (sulfide) groups is 1. The highest BCUT2D eigenvalue weighted by molar-refractivity contribution is 7.98. The van der Waals surface area contributed by atoms with Crippen LogP contribution in [0.4, 0.5) is 10.1 Å². The van der Waals surface area contributed by atoms with Crippen LogP contribution in [0.1, 0.15) is 29.7 Å². The molecule has 0 spiro atoms. The quantitative estimate of drug-likeness (QED) is 0.443. The minimum atomic E-state index is -4.11. The van der Waals surface area contributed by atoms with Gasteiger partial charge < -0.3 is 5.32 Å². The summed E-state index contributed by atoms with van der Waals surface area (Å²) in [6.07, 6.45) is 1.89. The number of aryl methyl sites for hydroxylation is 2. The molecule has 0 heterocycles. The minimum absolute atomic E-state index is 0.0274. The average Bonchev–Trinajstić information content (AvgIpc) is 2.79. The lowest BCUT2D eigenvalue weighted by atomic mass is 10.0. The van der Waals surface area contributed by atoms with Crippen LogP contribution in [0.25, 0.3) is 0 Å². The van der Waals surface area contributed by atoms with Crippen LogP contribution in [0, 0.1) is 19.7 Å². The van der Waals surface area contributed by atoms with E-state index in [9.17, 15) is 17.6 Å². The summed E-state index contributed by atoms with van der Waals surface area (Å²) >= 11 is 1.49. The lowest BCUT2D eigenvalue weighted by Gasteiger charge is -2.25. The topological polar surface area (TPSA) is 66.5 Å². The molecule has 0 radical (unpaired) electrons. The molecule has 174 valence electrons. The van der Waals surface area contributed by atoms with Gasteiger partial charge in [-0.2, -0.15) is 0 Å². The average molecular weight is 487 g/mol. The van der Waals surface area contributed by atoms with E-state index in [0.29, 0.717) is 0 Å². The first-order valence-corrected chi connectivity index (χ1v) is 13.1. The van der Waals surface area contributed by atoms with Crippen molar-refractivity contribution in [2.24, 2.45) is 0 Å². The van der Waals surface area contributed by atoms with Crippen molar-refractivity contribution < 1.29 is 17.6 Å². The smallest absolute Gasteiger partial charge is 0.264 e. The Balaban J connectivity index is 1.89. The van der Waals surface area contributed by atoms with Gasteiger partial charge in [0, 0.05) is 4.90 Å². The molecule has 3 aromatic rings. The summed E-state index contributed by atoms with van der Waals surface area (Å²) in [7, 11) is -4.11. The van der Waals surface area contributed by atoms with Gasteiger partial charge in [-0.25, -0.2) is 12.8 Å². The molecule has 0 saturated heterocycles. The first kappa shape index (κ1) is 24.8. The van der Waals surface area contributed by atoms with Crippen molar-refractivity contribution in [3.63, 3.8) is 0 Å². The largest absolute Gasteiger partial charge is 0.348 e. The molecule has 0 aliphatic rings. The first-order valence-electron chi connectivity index (χ1n) is 10.4. The number of sulfonamides is 1. The molecule has 0 aliphatic carbocycles. The van der Waals surface area contributed by atoms with Crippen LogP contribution in [-0.4, -0.2) is 27.1 Å². The zero-order chi connectivity index (χ0) is 24.2. The number of nitrogens with zero attached hydrogens (tertiary/aromatic N) is 1. The van der Waals surface area contributed by atoms with E-state index in [-0.39, 0.29) is 16.6 Å². The molecule has 1 atom stereocenters. The summed E-state index contributed by atoms with van der Waals surface area (Å²) in [4.78, 5) is 13.8. The van der Waals surface area contributed by atoms with Crippen molar-refractivity contribution in [3.8, 4) is 0 Å². The zero-order valence-electron chi connectivity index (χ0n) is 19.0. The molecule has 1 amide bonds. The van der Waals surface area contributed by atoms with E-state index >= 15 is 0 Å². The van der Waals surface area contributed by atoms with Crippen LogP contribution in [-0.2, 0) is 14.8 Å². The number of carbonyl (C=O) groups is 1. The predicted octanol–water partition coefficient (Wildman–Crippen LogP) is 5.24. The SMILES string of the molecule is CSc1ccc(S(=O)(=O)N(CC(=O)NC(C)c2ccc(C)c(C)c2)c2cccc(F)c2)cc1. The number of hydrogen-bond donors (Lipinski definition) is 1. The Hall–Kier alpha value is -2.84. The third kappa shape index (κ3) is 5.94. The normalized spacial score (nSPS) is 12.3. The molecule has 1 unspecified atom stereocenters. The number of hydrogen-bond acceptors (Lipinski definition) is 4. The molecule has 5 nitrogen and oxygen atoms in total. The summed E-state index contributed by atoms with van der Waals surface area (Å²) in [6.45, 7) is 5.36. The Morgan fingerprint density at radius 1 is 1.03 bits per heavy atom. The molecule has 3 rings (SSSR count). The third-order valence-corrected chi connectivity index (χ3v) is 7.97. The van der Waals surface area contributed by atoms with Gasteiger partial charge in [-0.15, -0.1) is 11.8 Å². The fraction of sp³-hybridized carbons (Fsp3) is 0.240. The van der Waals surface area contributed by atoms with Crippen molar-refractivity contribution in [1.82, 2.24) is 5.32 Å². The van der Waals surface area contributed by atoms with Gasteiger partial charge in [0.2, 0.25) is 5.91 Å². The zero-order valence-corrected chi connectivity index (χ0v) is 20.6. The summed E-state index contributed by atoms with van der Waals surface area (Å²) < 4.78 is 41.7. The van der Waals surface area contributed by atoms with E-state index in [2.05, 4.69) is 5.32 Å². The molecular formula is C25H27FN2O3S2. The molecule has 3 aromatic carbocycles. The number of amides is 1. The molecule has 0 saturated carbocycles. The maximum Gasteiger partial charge on any atom is 0.264 e. The molecule has 0 bridgehead atoms. The maximum atomic E-state index is 13.9. The van der Waals surface area contributed by atoms with Crippen molar-refractivity contribution in [2.45, 2.75) is 36.6 Å². The Morgan fingerprint density at radius 3 is 2.33 bits per heavy atom. The van der Waals surface area contributed by atoms with Crippen molar-refractivity contribution >= 4 is 33.4 Å². The van der Waals surface area contributed by atoms with Crippen LogP contribution in [0.3, 0.4) is 0 Å². The van der Waals surface area contributed by atoms with Gasteiger partial charge in [0.1, 0.15) is 12.4 Å². The van der Waals surface area contributed by atoms with Crippen LogP contribution in [0.15, 0.2) is 76.5 Å². The van der Waals surface area contributed by atoms with E-state index in [1.54, 1.807) is 12.1 Å². The van der Waals surface area contributed by atoms with E-state index in [4.69, 9.17) is 0 Å². The lowest BCUT2D eigenvalue weighted by molar-refractivity contribution is -0.120. The highest BCUT2D eigenvalue weighted by Gasteiger charge is 2.28. The fourth-order valence-corrected chi connectivity index (χ4v) is 5.18. The van der Waals surface area contributed by atoms with Crippen LogP contribution in [0.5, 0.6) is 0 Å².